The summed E-state index contributed by atoms with van der Waals surface area (Å²) in [6.45, 7) is 3.94. The third-order valence-corrected chi connectivity index (χ3v) is 4.84. The summed E-state index contributed by atoms with van der Waals surface area (Å²) in [4.78, 5) is 35.5. The van der Waals surface area contributed by atoms with Crippen LogP contribution in [0.1, 0.15) is 30.5 Å². The maximum Gasteiger partial charge on any atom is 0.348 e. The number of ether oxygens (including phenoxy) is 1. The molecule has 2 rings (SSSR count). The van der Waals surface area contributed by atoms with E-state index in [1.165, 1.54) is 23.5 Å². The van der Waals surface area contributed by atoms with Gasteiger partial charge in [-0.15, -0.1) is 11.3 Å². The average molecular weight is 383 g/mol. The number of nitro benzene ring substituents is 1. The molecule has 0 bridgehead atoms. The fourth-order valence-electron chi connectivity index (χ4n) is 1.95. The van der Waals surface area contributed by atoms with Crippen LogP contribution in [0.4, 0.5) is 5.69 Å². The van der Waals surface area contributed by atoms with Crippen molar-refractivity contribution in [2.75, 3.05) is 13.2 Å². The van der Waals surface area contributed by atoms with Crippen LogP contribution in [0.2, 0.25) is 5.02 Å². The Morgan fingerprint density at radius 2 is 2.04 bits per heavy atom. The lowest BCUT2D eigenvalue weighted by Crippen LogP contribution is -2.28. The standard InChI is InChI=1S/C16H15ClN2O5S/c1-9-7-14(25-10(9)2)16(21)24-6-5-18-15(20)12-4-3-11(19(22)23)8-13(12)17/h3-4,7-8H,5-6H2,1-2H3,(H,18,20). The zero-order valence-electron chi connectivity index (χ0n) is 13.5. The van der Waals surface area contributed by atoms with Crippen molar-refractivity contribution in [3.05, 3.63) is 60.3 Å². The van der Waals surface area contributed by atoms with Crippen molar-refractivity contribution >= 4 is 40.5 Å². The number of amides is 1. The second kappa shape index (κ2) is 8.09. The average Bonchev–Trinajstić information content (AvgIpc) is 2.90. The minimum atomic E-state index is -0.596. The lowest BCUT2D eigenvalue weighted by Gasteiger charge is -2.07. The molecule has 7 nitrogen and oxygen atoms in total. The summed E-state index contributed by atoms with van der Waals surface area (Å²) in [7, 11) is 0. The van der Waals surface area contributed by atoms with E-state index >= 15 is 0 Å². The third kappa shape index (κ3) is 4.77. The van der Waals surface area contributed by atoms with Crippen LogP contribution in [0.25, 0.3) is 0 Å². The Bertz CT molecular complexity index is 814. The van der Waals surface area contributed by atoms with Gasteiger partial charge in [0.25, 0.3) is 11.6 Å². The van der Waals surface area contributed by atoms with Gasteiger partial charge in [0.1, 0.15) is 11.5 Å². The highest BCUT2D eigenvalue weighted by Crippen LogP contribution is 2.22. The van der Waals surface area contributed by atoms with E-state index in [0.29, 0.717) is 4.88 Å². The van der Waals surface area contributed by atoms with E-state index < -0.39 is 16.8 Å². The quantitative estimate of drug-likeness (QED) is 0.356. The number of halogens is 1. The van der Waals surface area contributed by atoms with Crippen LogP contribution in [0.5, 0.6) is 0 Å². The van der Waals surface area contributed by atoms with Crippen LogP contribution in [0.15, 0.2) is 24.3 Å². The van der Waals surface area contributed by atoms with Crippen molar-refractivity contribution in [1.29, 1.82) is 0 Å². The number of hydrogen-bond donors (Lipinski definition) is 1. The molecule has 1 N–H and O–H groups in total. The van der Waals surface area contributed by atoms with Crippen molar-refractivity contribution in [2.45, 2.75) is 13.8 Å². The molecule has 132 valence electrons. The van der Waals surface area contributed by atoms with Crippen LogP contribution in [-0.2, 0) is 4.74 Å². The van der Waals surface area contributed by atoms with Crippen molar-refractivity contribution in [3.63, 3.8) is 0 Å². The first-order chi connectivity index (χ1) is 11.8. The number of benzene rings is 1. The van der Waals surface area contributed by atoms with Gasteiger partial charge in [-0.1, -0.05) is 11.6 Å². The highest BCUT2D eigenvalue weighted by Gasteiger charge is 2.15. The molecule has 0 fully saturated rings. The summed E-state index contributed by atoms with van der Waals surface area (Å²) >= 11 is 7.23. The Hall–Kier alpha value is -2.45. The lowest BCUT2D eigenvalue weighted by molar-refractivity contribution is -0.384. The van der Waals surface area contributed by atoms with Crippen LogP contribution >= 0.6 is 22.9 Å². The van der Waals surface area contributed by atoms with Gasteiger partial charge in [-0.25, -0.2) is 4.79 Å². The maximum atomic E-state index is 12.0. The van der Waals surface area contributed by atoms with Crippen LogP contribution < -0.4 is 5.32 Å². The zero-order valence-corrected chi connectivity index (χ0v) is 15.1. The topological polar surface area (TPSA) is 98.5 Å². The minimum absolute atomic E-state index is 0.00513. The summed E-state index contributed by atoms with van der Waals surface area (Å²) in [6.07, 6.45) is 0. The van der Waals surface area contributed by atoms with Crippen LogP contribution in [0.3, 0.4) is 0 Å². The number of thiophene rings is 1. The predicted octanol–water partition coefficient (Wildman–Crippen LogP) is 3.51. The molecule has 0 saturated carbocycles. The molecular formula is C16H15ClN2O5S. The third-order valence-electron chi connectivity index (χ3n) is 3.40. The molecule has 2 aromatic rings. The first-order valence-electron chi connectivity index (χ1n) is 7.26. The van der Waals surface area contributed by atoms with E-state index in [9.17, 15) is 19.7 Å². The zero-order chi connectivity index (χ0) is 18.6. The minimum Gasteiger partial charge on any atom is -0.460 e. The van der Waals surface area contributed by atoms with Gasteiger partial charge in [0, 0.05) is 17.0 Å². The molecule has 1 aromatic carbocycles. The number of nitro groups is 1. The molecule has 1 amide bonds. The number of carbonyl (C=O) groups excluding carboxylic acids is 2. The van der Waals surface area contributed by atoms with E-state index in [2.05, 4.69) is 5.32 Å². The fraction of sp³-hybridized carbons (Fsp3) is 0.250. The summed E-state index contributed by atoms with van der Waals surface area (Å²) < 4.78 is 5.10. The molecular weight excluding hydrogens is 368 g/mol. The Morgan fingerprint density at radius 1 is 1.32 bits per heavy atom. The largest absolute Gasteiger partial charge is 0.460 e. The van der Waals surface area contributed by atoms with Gasteiger partial charge in [0.15, 0.2) is 0 Å². The lowest BCUT2D eigenvalue weighted by atomic mass is 10.2. The number of hydrogen-bond acceptors (Lipinski definition) is 6. The van der Waals surface area contributed by atoms with Gasteiger partial charge in [-0.2, -0.15) is 0 Å². The number of nitrogens with zero attached hydrogens (tertiary/aromatic N) is 1. The molecule has 0 radical (unpaired) electrons. The van der Waals surface area contributed by atoms with E-state index in [-0.39, 0.29) is 29.4 Å². The van der Waals surface area contributed by atoms with Crippen molar-refractivity contribution in [2.24, 2.45) is 0 Å². The maximum absolute atomic E-state index is 12.0. The molecule has 0 saturated heterocycles. The molecule has 9 heteroatoms. The fourth-order valence-corrected chi connectivity index (χ4v) is 3.14. The highest BCUT2D eigenvalue weighted by atomic mass is 35.5. The summed E-state index contributed by atoms with van der Waals surface area (Å²) in [5, 5.41) is 13.2. The Kier molecular flexibility index (Phi) is 6.11. The Morgan fingerprint density at radius 3 is 2.60 bits per heavy atom. The molecule has 1 heterocycles. The van der Waals surface area contributed by atoms with Crippen molar-refractivity contribution < 1.29 is 19.2 Å². The first-order valence-corrected chi connectivity index (χ1v) is 8.45. The van der Waals surface area contributed by atoms with Gasteiger partial charge in [-0.3, -0.25) is 14.9 Å². The van der Waals surface area contributed by atoms with Crippen molar-refractivity contribution in [3.8, 4) is 0 Å². The van der Waals surface area contributed by atoms with Gasteiger partial charge >= 0.3 is 5.97 Å². The normalized spacial score (nSPS) is 10.4. The summed E-state index contributed by atoms with van der Waals surface area (Å²) in [5.41, 5.74) is 0.943. The Balaban J connectivity index is 1.84. The van der Waals surface area contributed by atoms with E-state index in [1.54, 1.807) is 6.07 Å². The van der Waals surface area contributed by atoms with Gasteiger partial charge in [0.2, 0.25) is 0 Å². The van der Waals surface area contributed by atoms with E-state index in [4.69, 9.17) is 16.3 Å². The van der Waals surface area contributed by atoms with E-state index in [0.717, 1.165) is 16.5 Å². The highest BCUT2D eigenvalue weighted by molar-refractivity contribution is 7.14. The number of rotatable bonds is 6. The van der Waals surface area contributed by atoms with Gasteiger partial charge in [-0.05, 0) is 31.5 Å². The number of esters is 1. The van der Waals surface area contributed by atoms with Gasteiger partial charge < -0.3 is 10.1 Å². The van der Waals surface area contributed by atoms with E-state index in [1.807, 2.05) is 13.8 Å². The second-order valence-electron chi connectivity index (χ2n) is 5.16. The smallest absolute Gasteiger partial charge is 0.348 e. The summed E-state index contributed by atoms with van der Waals surface area (Å²) in [6, 6.07) is 5.34. The molecule has 0 aliphatic rings. The molecule has 0 aliphatic heterocycles. The molecule has 0 unspecified atom stereocenters. The molecule has 0 atom stereocenters. The Labute approximate surface area is 152 Å². The van der Waals surface area contributed by atoms with Gasteiger partial charge in [0.05, 0.1) is 22.1 Å². The number of aryl methyl sites for hydroxylation is 2. The number of carbonyl (C=O) groups is 2. The van der Waals surface area contributed by atoms with Crippen LogP contribution in [0, 0.1) is 24.0 Å². The monoisotopic (exact) mass is 382 g/mol. The molecule has 0 aliphatic carbocycles. The SMILES string of the molecule is Cc1cc(C(=O)OCCNC(=O)c2ccc([N+](=O)[O-])cc2Cl)sc1C. The molecule has 0 spiro atoms. The van der Waals surface area contributed by atoms with Crippen LogP contribution in [-0.4, -0.2) is 30.0 Å². The predicted molar refractivity (Wildman–Crippen MR) is 94.5 cm³/mol. The second-order valence-corrected chi connectivity index (χ2v) is 6.83. The molecule has 1 aromatic heterocycles. The summed E-state index contributed by atoms with van der Waals surface area (Å²) in [5.74, 6) is -0.942. The van der Waals surface area contributed by atoms with Crippen molar-refractivity contribution in [1.82, 2.24) is 5.32 Å². The molecule has 25 heavy (non-hydrogen) atoms. The first kappa shape index (κ1) is 18.9. The number of nitrogens with one attached hydrogen (secondary N) is 1. The number of non-ortho nitro benzene ring substituents is 1.